The quantitative estimate of drug-likeness (QED) is 0.682. The fraction of sp³-hybridized carbons (Fsp3) is 1.00. The maximum atomic E-state index is 11.8. The Morgan fingerprint density at radius 3 is 2.62 bits per heavy atom. The van der Waals surface area contributed by atoms with E-state index in [-0.39, 0.29) is 11.9 Å². The molecule has 0 saturated carbocycles. The van der Waals surface area contributed by atoms with Crippen LogP contribution < -0.4 is 0 Å². The Balaban J connectivity index is 2.80. The zero-order valence-electron chi connectivity index (χ0n) is 8.03. The average molecular weight is 226 g/mol. The van der Waals surface area contributed by atoms with Gasteiger partial charge in [0.15, 0.2) is 0 Å². The van der Waals surface area contributed by atoms with Crippen LogP contribution in [0.5, 0.6) is 0 Å². The molecule has 0 amide bonds. The predicted octanol–water partition coefficient (Wildman–Crippen LogP) is 1.43. The highest BCUT2D eigenvalue weighted by Gasteiger charge is 2.34. The molecule has 0 aromatic rings. The maximum Gasteiger partial charge on any atom is 0.218 e. The molecule has 0 spiro atoms. The van der Waals surface area contributed by atoms with E-state index in [2.05, 4.69) is 0 Å². The van der Waals surface area contributed by atoms with E-state index in [0.717, 1.165) is 12.8 Å². The van der Waals surface area contributed by atoms with Crippen molar-refractivity contribution in [3.8, 4) is 0 Å². The van der Waals surface area contributed by atoms with Gasteiger partial charge in [-0.15, -0.1) is 11.6 Å². The van der Waals surface area contributed by atoms with Gasteiger partial charge in [0, 0.05) is 18.5 Å². The maximum absolute atomic E-state index is 11.8. The Morgan fingerprint density at radius 1 is 1.62 bits per heavy atom. The van der Waals surface area contributed by atoms with Crippen LogP contribution in [0.1, 0.15) is 26.7 Å². The molecule has 78 valence electrons. The number of hydrogen-bond donors (Lipinski definition) is 0. The minimum atomic E-state index is -3.14. The normalized spacial score (nSPS) is 27.8. The van der Waals surface area contributed by atoms with Crippen LogP contribution in [0.2, 0.25) is 0 Å². The monoisotopic (exact) mass is 225 g/mol. The van der Waals surface area contributed by atoms with Gasteiger partial charge in [0.1, 0.15) is 0 Å². The summed E-state index contributed by atoms with van der Waals surface area (Å²) in [5.74, 6) is 0.172. The van der Waals surface area contributed by atoms with Crippen LogP contribution in [-0.4, -0.2) is 36.4 Å². The van der Waals surface area contributed by atoms with Crippen molar-refractivity contribution in [3.63, 3.8) is 0 Å². The van der Waals surface area contributed by atoms with Gasteiger partial charge in [0.25, 0.3) is 0 Å². The molecule has 0 aliphatic carbocycles. The van der Waals surface area contributed by atoms with E-state index in [1.165, 1.54) is 0 Å². The summed E-state index contributed by atoms with van der Waals surface area (Å²) in [6, 6.07) is 0.149. The highest BCUT2D eigenvalue weighted by atomic mass is 35.5. The van der Waals surface area contributed by atoms with E-state index < -0.39 is 15.3 Å². The minimum Gasteiger partial charge on any atom is -0.212 e. The van der Waals surface area contributed by atoms with Crippen molar-refractivity contribution >= 4 is 21.6 Å². The molecule has 13 heavy (non-hydrogen) atoms. The Bertz CT molecular complexity index is 265. The van der Waals surface area contributed by atoms with Gasteiger partial charge < -0.3 is 0 Å². The number of nitrogens with zero attached hydrogens (tertiary/aromatic N) is 1. The lowest BCUT2D eigenvalue weighted by Crippen LogP contribution is -2.40. The Kier molecular flexibility index (Phi) is 3.60. The number of hydrogen-bond acceptors (Lipinski definition) is 2. The molecule has 0 aromatic carbocycles. The Hall–Kier alpha value is 0.200. The Morgan fingerprint density at radius 2 is 2.23 bits per heavy atom. The summed E-state index contributed by atoms with van der Waals surface area (Å²) in [4.78, 5) is 0. The smallest absolute Gasteiger partial charge is 0.212 e. The standard InChI is InChI=1S/C8H16ClNO2S/c1-7-4-3-5-10(7)13(11,12)8(2)6-9/h7-8H,3-6H2,1-2H3. The topological polar surface area (TPSA) is 37.4 Å². The molecule has 3 nitrogen and oxygen atoms in total. The van der Waals surface area contributed by atoms with Gasteiger partial charge in [0.05, 0.1) is 5.25 Å². The lowest BCUT2D eigenvalue weighted by molar-refractivity contribution is 0.403. The van der Waals surface area contributed by atoms with Gasteiger partial charge in [0.2, 0.25) is 10.0 Å². The van der Waals surface area contributed by atoms with Crippen molar-refractivity contribution in [2.45, 2.75) is 38.0 Å². The zero-order chi connectivity index (χ0) is 10.1. The second-order valence-electron chi connectivity index (χ2n) is 3.61. The molecular formula is C8H16ClNO2S. The molecule has 5 heteroatoms. The highest BCUT2D eigenvalue weighted by molar-refractivity contribution is 7.89. The molecule has 0 bridgehead atoms. The van der Waals surface area contributed by atoms with Gasteiger partial charge in [-0.2, -0.15) is 4.31 Å². The fourth-order valence-corrected chi connectivity index (χ4v) is 3.69. The van der Waals surface area contributed by atoms with E-state index in [1.54, 1.807) is 11.2 Å². The number of alkyl halides is 1. The summed E-state index contributed by atoms with van der Waals surface area (Å²) in [5, 5.41) is -0.463. The summed E-state index contributed by atoms with van der Waals surface area (Å²) in [7, 11) is -3.14. The van der Waals surface area contributed by atoms with Crippen LogP contribution in [0, 0.1) is 0 Å². The van der Waals surface area contributed by atoms with Crippen molar-refractivity contribution in [2.24, 2.45) is 0 Å². The summed E-state index contributed by atoms with van der Waals surface area (Å²) < 4.78 is 25.2. The van der Waals surface area contributed by atoms with E-state index in [0.29, 0.717) is 6.54 Å². The number of halogens is 1. The van der Waals surface area contributed by atoms with Crippen LogP contribution in [0.15, 0.2) is 0 Å². The first-order chi connectivity index (χ1) is 6.00. The summed E-state index contributed by atoms with van der Waals surface area (Å²) >= 11 is 5.56. The lowest BCUT2D eigenvalue weighted by Gasteiger charge is -2.23. The zero-order valence-corrected chi connectivity index (χ0v) is 9.61. The molecular weight excluding hydrogens is 210 g/mol. The van der Waals surface area contributed by atoms with Crippen molar-refractivity contribution in [1.29, 1.82) is 0 Å². The second-order valence-corrected chi connectivity index (χ2v) is 6.22. The van der Waals surface area contributed by atoms with Crippen LogP contribution in [0.25, 0.3) is 0 Å². The summed E-state index contributed by atoms with van der Waals surface area (Å²) in [5.41, 5.74) is 0. The molecule has 1 heterocycles. The number of sulfonamides is 1. The SMILES string of the molecule is CC1CCCN1S(=O)(=O)C(C)CCl. The molecule has 0 N–H and O–H groups in total. The van der Waals surface area contributed by atoms with E-state index in [4.69, 9.17) is 11.6 Å². The third kappa shape index (κ3) is 2.17. The van der Waals surface area contributed by atoms with Gasteiger partial charge >= 0.3 is 0 Å². The first kappa shape index (κ1) is 11.3. The largest absolute Gasteiger partial charge is 0.218 e. The van der Waals surface area contributed by atoms with Crippen molar-refractivity contribution in [1.82, 2.24) is 4.31 Å². The van der Waals surface area contributed by atoms with Gasteiger partial charge in [-0.05, 0) is 26.7 Å². The summed E-state index contributed by atoms with van der Waals surface area (Å²) in [6.07, 6.45) is 1.93. The lowest BCUT2D eigenvalue weighted by atomic mass is 10.3. The van der Waals surface area contributed by atoms with Crippen molar-refractivity contribution in [3.05, 3.63) is 0 Å². The first-order valence-electron chi connectivity index (χ1n) is 4.56. The summed E-state index contributed by atoms with van der Waals surface area (Å²) in [6.45, 7) is 4.27. The first-order valence-corrected chi connectivity index (χ1v) is 6.60. The molecule has 1 saturated heterocycles. The molecule has 2 unspecified atom stereocenters. The molecule has 0 aromatic heterocycles. The predicted molar refractivity (Wildman–Crippen MR) is 54.5 cm³/mol. The molecule has 1 fully saturated rings. The number of rotatable bonds is 3. The minimum absolute atomic E-state index is 0.149. The highest BCUT2D eigenvalue weighted by Crippen LogP contribution is 2.23. The molecule has 1 aliphatic heterocycles. The van der Waals surface area contributed by atoms with Crippen molar-refractivity contribution < 1.29 is 8.42 Å². The van der Waals surface area contributed by atoms with Crippen LogP contribution in [0.4, 0.5) is 0 Å². The van der Waals surface area contributed by atoms with Gasteiger partial charge in [-0.1, -0.05) is 0 Å². The van der Waals surface area contributed by atoms with Gasteiger partial charge in [-0.3, -0.25) is 0 Å². The molecule has 2 atom stereocenters. The molecule has 1 rings (SSSR count). The fourth-order valence-electron chi connectivity index (χ4n) is 1.60. The van der Waals surface area contributed by atoms with E-state index in [1.807, 2.05) is 6.92 Å². The van der Waals surface area contributed by atoms with Crippen LogP contribution in [0.3, 0.4) is 0 Å². The van der Waals surface area contributed by atoms with Crippen molar-refractivity contribution in [2.75, 3.05) is 12.4 Å². The van der Waals surface area contributed by atoms with E-state index >= 15 is 0 Å². The Labute approximate surface area is 85.1 Å². The molecule has 0 radical (unpaired) electrons. The molecule has 1 aliphatic rings. The second kappa shape index (κ2) is 4.15. The van der Waals surface area contributed by atoms with Crippen LogP contribution in [-0.2, 0) is 10.0 Å². The van der Waals surface area contributed by atoms with Gasteiger partial charge in [-0.25, -0.2) is 8.42 Å². The van der Waals surface area contributed by atoms with Crippen LogP contribution >= 0.6 is 11.6 Å². The van der Waals surface area contributed by atoms with E-state index in [9.17, 15) is 8.42 Å². The third-order valence-corrected chi connectivity index (χ3v) is 5.57. The third-order valence-electron chi connectivity index (χ3n) is 2.54. The average Bonchev–Trinajstić information content (AvgIpc) is 2.50.